The molecule has 170 valence electrons. The Labute approximate surface area is 197 Å². The maximum atomic E-state index is 5.92. The zero-order chi connectivity index (χ0) is 20.2. The first-order valence-corrected chi connectivity index (χ1v) is 11.0. The van der Waals surface area contributed by atoms with Gasteiger partial charge in [-0.3, -0.25) is 4.99 Å². The number of hydrogen-bond donors (Lipinski definition) is 2. The largest absolute Gasteiger partial charge is 0.474 e. The smallest absolute Gasteiger partial charge is 0.213 e. The number of pyridine rings is 1. The second-order valence-corrected chi connectivity index (χ2v) is 7.87. The van der Waals surface area contributed by atoms with E-state index in [1.54, 1.807) is 7.05 Å². The number of ether oxygens (including phenoxy) is 3. The van der Waals surface area contributed by atoms with E-state index in [1.165, 1.54) is 12.8 Å². The highest BCUT2D eigenvalue weighted by molar-refractivity contribution is 14.0. The molecule has 0 amide bonds. The lowest BCUT2D eigenvalue weighted by molar-refractivity contribution is 0.0203. The molecular formula is C22H37IN4O3. The molecule has 0 radical (unpaired) electrons. The Morgan fingerprint density at radius 2 is 1.97 bits per heavy atom. The van der Waals surface area contributed by atoms with Crippen LogP contribution in [0.25, 0.3) is 0 Å². The van der Waals surface area contributed by atoms with Crippen molar-refractivity contribution < 1.29 is 14.2 Å². The molecule has 1 saturated heterocycles. The number of rotatable bonds is 10. The standard InChI is InChI=1S/C22H36N4O3.HI/c1-23-22(24-11-4-12-28-17-18-9-13-27-14-10-18)26-16-19-7-8-21(25-15-19)29-20-5-2-3-6-20;/h7-8,15,18,20H,2-6,9-14,16-17H2,1H3,(H2,23,24,26);1H. The van der Waals surface area contributed by atoms with Crippen LogP contribution in [-0.2, 0) is 16.0 Å². The zero-order valence-corrected chi connectivity index (χ0v) is 20.4. The molecule has 8 heteroatoms. The number of aliphatic imine (C=N–C) groups is 1. The highest BCUT2D eigenvalue weighted by Gasteiger charge is 2.17. The van der Waals surface area contributed by atoms with Gasteiger partial charge in [-0.05, 0) is 56.4 Å². The summed E-state index contributed by atoms with van der Waals surface area (Å²) >= 11 is 0. The summed E-state index contributed by atoms with van der Waals surface area (Å²) < 4.78 is 17.1. The predicted octanol–water partition coefficient (Wildman–Crippen LogP) is 3.52. The van der Waals surface area contributed by atoms with Crippen molar-refractivity contribution in [3.8, 4) is 5.88 Å². The van der Waals surface area contributed by atoms with Crippen molar-refractivity contribution in [2.75, 3.05) is 40.0 Å². The van der Waals surface area contributed by atoms with E-state index in [4.69, 9.17) is 14.2 Å². The van der Waals surface area contributed by atoms with Gasteiger partial charge in [-0.1, -0.05) is 6.07 Å². The van der Waals surface area contributed by atoms with Gasteiger partial charge < -0.3 is 24.8 Å². The number of hydrogen-bond acceptors (Lipinski definition) is 5. The van der Waals surface area contributed by atoms with E-state index >= 15 is 0 Å². The van der Waals surface area contributed by atoms with Gasteiger partial charge in [0, 0.05) is 58.8 Å². The molecule has 1 aliphatic heterocycles. The van der Waals surface area contributed by atoms with Crippen molar-refractivity contribution in [3.05, 3.63) is 23.9 Å². The summed E-state index contributed by atoms with van der Waals surface area (Å²) in [6, 6.07) is 4.02. The van der Waals surface area contributed by atoms with Gasteiger partial charge in [-0.15, -0.1) is 24.0 Å². The fourth-order valence-corrected chi connectivity index (χ4v) is 3.71. The number of halogens is 1. The van der Waals surface area contributed by atoms with Gasteiger partial charge in [0.05, 0.1) is 0 Å². The van der Waals surface area contributed by atoms with Crippen LogP contribution in [0.1, 0.15) is 50.5 Å². The lowest BCUT2D eigenvalue weighted by Crippen LogP contribution is -2.37. The minimum Gasteiger partial charge on any atom is -0.474 e. The summed E-state index contributed by atoms with van der Waals surface area (Å²) in [6.45, 7) is 4.89. The minimum atomic E-state index is 0. The maximum absolute atomic E-state index is 5.92. The molecule has 1 aromatic heterocycles. The Morgan fingerprint density at radius 1 is 1.17 bits per heavy atom. The average molecular weight is 532 g/mol. The third kappa shape index (κ3) is 9.34. The molecule has 30 heavy (non-hydrogen) atoms. The highest BCUT2D eigenvalue weighted by Crippen LogP contribution is 2.22. The Balaban J connectivity index is 0.00000320. The third-order valence-corrected chi connectivity index (χ3v) is 5.52. The van der Waals surface area contributed by atoms with E-state index in [1.807, 2.05) is 12.3 Å². The summed E-state index contributed by atoms with van der Waals surface area (Å²) in [4.78, 5) is 8.71. The monoisotopic (exact) mass is 532 g/mol. The molecule has 2 heterocycles. The van der Waals surface area contributed by atoms with Crippen molar-refractivity contribution >= 4 is 29.9 Å². The predicted molar refractivity (Wildman–Crippen MR) is 130 cm³/mol. The Hall–Kier alpha value is -1.13. The number of aromatic nitrogens is 1. The van der Waals surface area contributed by atoms with Crippen LogP contribution in [0, 0.1) is 5.92 Å². The molecule has 2 aliphatic rings. The number of nitrogens with one attached hydrogen (secondary N) is 2. The fraction of sp³-hybridized carbons (Fsp3) is 0.727. The van der Waals surface area contributed by atoms with Crippen LogP contribution >= 0.6 is 24.0 Å². The van der Waals surface area contributed by atoms with E-state index < -0.39 is 0 Å². The van der Waals surface area contributed by atoms with Crippen molar-refractivity contribution in [2.45, 2.75) is 57.6 Å². The fourth-order valence-electron chi connectivity index (χ4n) is 3.71. The van der Waals surface area contributed by atoms with E-state index in [9.17, 15) is 0 Å². The second-order valence-electron chi connectivity index (χ2n) is 7.87. The maximum Gasteiger partial charge on any atom is 0.213 e. The highest BCUT2D eigenvalue weighted by atomic mass is 127. The summed E-state index contributed by atoms with van der Waals surface area (Å²) in [5.41, 5.74) is 1.10. The molecule has 0 aromatic carbocycles. The summed E-state index contributed by atoms with van der Waals surface area (Å²) in [5.74, 6) is 2.18. The Bertz CT molecular complexity index is 603. The average Bonchev–Trinajstić information content (AvgIpc) is 3.27. The number of guanidine groups is 1. The molecule has 1 aromatic rings. The van der Waals surface area contributed by atoms with Gasteiger partial charge in [0.25, 0.3) is 0 Å². The summed E-state index contributed by atoms with van der Waals surface area (Å²) in [5, 5.41) is 6.66. The summed E-state index contributed by atoms with van der Waals surface area (Å²) in [6.07, 6.45) is 10.2. The lowest BCUT2D eigenvalue weighted by Gasteiger charge is -2.21. The van der Waals surface area contributed by atoms with Crippen LogP contribution < -0.4 is 15.4 Å². The first-order valence-electron chi connectivity index (χ1n) is 11.0. The SMILES string of the molecule is CN=C(NCCCOCC1CCOCC1)NCc1ccc(OC2CCCC2)nc1.I. The van der Waals surface area contributed by atoms with Crippen LogP contribution in [0.2, 0.25) is 0 Å². The molecular weight excluding hydrogens is 495 g/mol. The van der Waals surface area contributed by atoms with Gasteiger partial charge in [-0.2, -0.15) is 0 Å². The van der Waals surface area contributed by atoms with Gasteiger partial charge in [0.1, 0.15) is 6.10 Å². The van der Waals surface area contributed by atoms with E-state index in [2.05, 4.69) is 26.7 Å². The molecule has 1 saturated carbocycles. The van der Waals surface area contributed by atoms with Gasteiger partial charge in [-0.25, -0.2) is 4.98 Å². The first-order chi connectivity index (χ1) is 14.3. The van der Waals surface area contributed by atoms with Gasteiger partial charge in [0.2, 0.25) is 5.88 Å². The molecule has 0 unspecified atom stereocenters. The van der Waals surface area contributed by atoms with Crippen LogP contribution in [0.4, 0.5) is 0 Å². The Kier molecular flexibility index (Phi) is 12.4. The first kappa shape index (κ1) is 25.1. The van der Waals surface area contributed by atoms with E-state index in [0.717, 1.165) is 82.5 Å². The molecule has 7 nitrogen and oxygen atoms in total. The van der Waals surface area contributed by atoms with Gasteiger partial charge in [0.15, 0.2) is 5.96 Å². The molecule has 0 bridgehead atoms. The van der Waals surface area contributed by atoms with Crippen molar-refractivity contribution in [1.29, 1.82) is 0 Å². The quantitative estimate of drug-likeness (QED) is 0.208. The van der Waals surface area contributed by atoms with Gasteiger partial charge >= 0.3 is 0 Å². The lowest BCUT2D eigenvalue weighted by atomic mass is 10.0. The Morgan fingerprint density at radius 3 is 2.67 bits per heavy atom. The van der Waals surface area contributed by atoms with Crippen molar-refractivity contribution in [2.24, 2.45) is 10.9 Å². The van der Waals surface area contributed by atoms with Crippen LogP contribution in [0.3, 0.4) is 0 Å². The van der Waals surface area contributed by atoms with Crippen LogP contribution in [0.5, 0.6) is 5.88 Å². The van der Waals surface area contributed by atoms with Crippen LogP contribution in [-0.4, -0.2) is 57.1 Å². The molecule has 2 N–H and O–H groups in total. The molecule has 3 rings (SSSR count). The summed E-state index contributed by atoms with van der Waals surface area (Å²) in [7, 11) is 1.79. The van der Waals surface area contributed by atoms with E-state index in [0.29, 0.717) is 18.6 Å². The van der Waals surface area contributed by atoms with Crippen molar-refractivity contribution in [3.63, 3.8) is 0 Å². The van der Waals surface area contributed by atoms with Crippen molar-refractivity contribution in [1.82, 2.24) is 15.6 Å². The third-order valence-electron chi connectivity index (χ3n) is 5.52. The molecule has 1 aliphatic carbocycles. The normalized spacial score (nSPS) is 18.1. The topological polar surface area (TPSA) is 77.0 Å². The second kappa shape index (κ2) is 14.8. The molecule has 2 fully saturated rings. The minimum absolute atomic E-state index is 0. The van der Waals surface area contributed by atoms with Crippen LogP contribution in [0.15, 0.2) is 23.3 Å². The number of nitrogens with zero attached hydrogens (tertiary/aromatic N) is 2. The van der Waals surface area contributed by atoms with E-state index in [-0.39, 0.29) is 24.0 Å². The molecule has 0 atom stereocenters. The zero-order valence-electron chi connectivity index (χ0n) is 18.1. The molecule has 0 spiro atoms.